The van der Waals surface area contributed by atoms with Crippen LogP contribution < -0.4 is 5.48 Å². The van der Waals surface area contributed by atoms with Gasteiger partial charge in [0.05, 0.1) is 24.9 Å². The molecule has 74 valence electrons. The van der Waals surface area contributed by atoms with Crippen LogP contribution in [0, 0.1) is 0 Å². The van der Waals surface area contributed by atoms with Crippen molar-refractivity contribution in [3.8, 4) is 0 Å². The predicted octanol–water partition coefficient (Wildman–Crippen LogP) is 1.22. The number of para-hydroxylation sites is 1. The Morgan fingerprint density at radius 3 is 3.00 bits per heavy atom. The van der Waals surface area contributed by atoms with Gasteiger partial charge < -0.3 is 4.84 Å². The van der Waals surface area contributed by atoms with Gasteiger partial charge in [0.15, 0.2) is 0 Å². The quantitative estimate of drug-likeness (QED) is 0.741. The second-order valence-corrected chi connectivity index (χ2v) is 3.11. The van der Waals surface area contributed by atoms with Gasteiger partial charge in [0, 0.05) is 12.4 Å². The van der Waals surface area contributed by atoms with Crippen LogP contribution in [0.1, 0.15) is 5.69 Å². The summed E-state index contributed by atoms with van der Waals surface area (Å²) in [7, 11) is 3.55. The fourth-order valence-corrected chi connectivity index (χ4v) is 1.56. The average molecular weight is 191 g/mol. The van der Waals surface area contributed by atoms with Crippen LogP contribution in [0.4, 0.5) is 0 Å². The van der Waals surface area contributed by atoms with Crippen LogP contribution in [-0.2, 0) is 18.4 Å². The summed E-state index contributed by atoms with van der Waals surface area (Å²) in [5.74, 6) is 0. The lowest BCUT2D eigenvalue weighted by atomic mass is 10.2. The number of hydrogen-bond donors (Lipinski definition) is 1. The molecule has 4 heteroatoms. The molecule has 14 heavy (non-hydrogen) atoms. The van der Waals surface area contributed by atoms with Crippen LogP contribution in [0.2, 0.25) is 0 Å². The number of hydrogen-bond acceptors (Lipinski definition) is 3. The van der Waals surface area contributed by atoms with E-state index in [4.69, 9.17) is 4.84 Å². The summed E-state index contributed by atoms with van der Waals surface area (Å²) in [5, 5.41) is 5.57. The third-order valence-corrected chi connectivity index (χ3v) is 2.22. The molecule has 0 radical (unpaired) electrons. The second-order valence-electron chi connectivity index (χ2n) is 3.11. The molecule has 1 aromatic heterocycles. The summed E-state index contributed by atoms with van der Waals surface area (Å²) in [4.78, 5) is 4.80. The molecule has 0 bridgehead atoms. The number of aromatic nitrogens is 2. The van der Waals surface area contributed by atoms with Gasteiger partial charge in [0.2, 0.25) is 0 Å². The maximum atomic E-state index is 4.80. The maximum absolute atomic E-state index is 4.80. The van der Waals surface area contributed by atoms with Crippen molar-refractivity contribution in [2.45, 2.75) is 6.54 Å². The fourth-order valence-electron chi connectivity index (χ4n) is 1.56. The van der Waals surface area contributed by atoms with Crippen molar-refractivity contribution in [1.82, 2.24) is 15.3 Å². The number of nitrogens with zero attached hydrogens (tertiary/aromatic N) is 2. The van der Waals surface area contributed by atoms with Crippen LogP contribution >= 0.6 is 0 Å². The van der Waals surface area contributed by atoms with E-state index in [2.05, 4.69) is 22.7 Å². The Balaban J connectivity index is 2.44. The minimum Gasteiger partial charge on any atom is -0.305 e. The Morgan fingerprint density at radius 2 is 2.21 bits per heavy atom. The van der Waals surface area contributed by atoms with Crippen molar-refractivity contribution in [1.29, 1.82) is 0 Å². The van der Waals surface area contributed by atoms with Gasteiger partial charge in [-0.3, -0.25) is 4.68 Å². The van der Waals surface area contributed by atoms with E-state index in [9.17, 15) is 0 Å². The molecular weight excluding hydrogens is 178 g/mol. The number of rotatable bonds is 3. The summed E-state index contributed by atoms with van der Waals surface area (Å²) in [6, 6.07) is 8.14. The summed E-state index contributed by atoms with van der Waals surface area (Å²) in [6.45, 7) is 0.623. The molecular formula is C10H13N3O. The molecule has 0 fully saturated rings. The number of aryl methyl sites for hydroxylation is 1. The van der Waals surface area contributed by atoms with E-state index in [0.717, 1.165) is 11.2 Å². The Kier molecular flexibility index (Phi) is 2.47. The number of fused-ring (bicyclic) bond motifs is 1. The first-order valence-electron chi connectivity index (χ1n) is 4.49. The Hall–Kier alpha value is -1.39. The smallest absolute Gasteiger partial charge is 0.0864 e. The molecule has 1 N–H and O–H groups in total. The maximum Gasteiger partial charge on any atom is 0.0864 e. The van der Waals surface area contributed by atoms with Gasteiger partial charge in [-0.2, -0.15) is 10.6 Å². The van der Waals surface area contributed by atoms with Gasteiger partial charge in [0.25, 0.3) is 0 Å². The molecule has 2 rings (SSSR count). The van der Waals surface area contributed by atoms with E-state index in [-0.39, 0.29) is 0 Å². The van der Waals surface area contributed by atoms with E-state index >= 15 is 0 Å². The molecule has 4 nitrogen and oxygen atoms in total. The topological polar surface area (TPSA) is 39.1 Å². The van der Waals surface area contributed by atoms with Crippen molar-refractivity contribution in [2.24, 2.45) is 7.05 Å². The Morgan fingerprint density at radius 1 is 1.43 bits per heavy atom. The minimum absolute atomic E-state index is 0.623. The Bertz CT molecular complexity index is 436. The van der Waals surface area contributed by atoms with Gasteiger partial charge >= 0.3 is 0 Å². The van der Waals surface area contributed by atoms with Gasteiger partial charge in [-0.1, -0.05) is 18.2 Å². The van der Waals surface area contributed by atoms with Crippen LogP contribution in [-0.4, -0.2) is 16.9 Å². The summed E-state index contributed by atoms with van der Waals surface area (Å²) < 4.78 is 1.88. The van der Waals surface area contributed by atoms with Crippen molar-refractivity contribution in [2.75, 3.05) is 7.11 Å². The van der Waals surface area contributed by atoms with Gasteiger partial charge in [-0.25, -0.2) is 0 Å². The molecule has 0 saturated heterocycles. The first-order chi connectivity index (χ1) is 6.83. The Labute approximate surface area is 82.4 Å². The highest BCUT2D eigenvalue weighted by atomic mass is 16.6. The standard InChI is InChI=1S/C10H13N3O/c1-13-10-6-4-3-5-8(10)9(12-13)7-11-14-2/h3-6,11H,7H2,1-2H3. The highest BCUT2D eigenvalue weighted by Gasteiger charge is 2.06. The molecule has 0 aliphatic rings. The van der Waals surface area contributed by atoms with Gasteiger partial charge in [0.1, 0.15) is 0 Å². The summed E-state index contributed by atoms with van der Waals surface area (Å²) in [5.41, 5.74) is 4.94. The molecule has 0 amide bonds. The van der Waals surface area contributed by atoms with Crippen molar-refractivity contribution in [3.05, 3.63) is 30.0 Å². The summed E-state index contributed by atoms with van der Waals surface area (Å²) >= 11 is 0. The molecule has 0 atom stereocenters. The lowest BCUT2D eigenvalue weighted by molar-refractivity contribution is 0.0860. The van der Waals surface area contributed by atoms with Crippen LogP contribution in [0.15, 0.2) is 24.3 Å². The normalized spacial score (nSPS) is 11.0. The van der Waals surface area contributed by atoms with E-state index in [0.29, 0.717) is 6.54 Å². The van der Waals surface area contributed by atoms with E-state index in [1.54, 1.807) is 7.11 Å². The zero-order chi connectivity index (χ0) is 9.97. The first kappa shape index (κ1) is 9.18. The van der Waals surface area contributed by atoms with Gasteiger partial charge in [-0.15, -0.1) is 0 Å². The van der Waals surface area contributed by atoms with E-state index < -0.39 is 0 Å². The largest absolute Gasteiger partial charge is 0.305 e. The predicted molar refractivity (Wildman–Crippen MR) is 54.6 cm³/mol. The van der Waals surface area contributed by atoms with Gasteiger partial charge in [-0.05, 0) is 6.07 Å². The van der Waals surface area contributed by atoms with E-state index in [1.807, 2.05) is 23.9 Å². The number of benzene rings is 1. The highest BCUT2D eigenvalue weighted by molar-refractivity contribution is 5.81. The zero-order valence-corrected chi connectivity index (χ0v) is 8.32. The third kappa shape index (κ3) is 1.49. The lowest BCUT2D eigenvalue weighted by Gasteiger charge is -1.97. The van der Waals surface area contributed by atoms with Crippen LogP contribution in [0.5, 0.6) is 0 Å². The van der Waals surface area contributed by atoms with Crippen LogP contribution in [0.25, 0.3) is 10.9 Å². The molecule has 2 aromatic rings. The SMILES string of the molecule is CONCc1nn(C)c2ccccc12. The molecule has 0 aliphatic carbocycles. The van der Waals surface area contributed by atoms with E-state index in [1.165, 1.54) is 5.39 Å². The second kappa shape index (κ2) is 3.77. The first-order valence-corrected chi connectivity index (χ1v) is 4.49. The van der Waals surface area contributed by atoms with Crippen molar-refractivity contribution >= 4 is 10.9 Å². The molecule has 1 aromatic carbocycles. The highest BCUT2D eigenvalue weighted by Crippen LogP contribution is 2.16. The van der Waals surface area contributed by atoms with Crippen molar-refractivity contribution < 1.29 is 4.84 Å². The fraction of sp³-hybridized carbons (Fsp3) is 0.300. The molecule has 0 unspecified atom stereocenters. The van der Waals surface area contributed by atoms with Crippen molar-refractivity contribution in [3.63, 3.8) is 0 Å². The summed E-state index contributed by atoms with van der Waals surface area (Å²) in [6.07, 6.45) is 0. The molecule has 1 heterocycles. The van der Waals surface area contributed by atoms with Crippen LogP contribution in [0.3, 0.4) is 0 Å². The monoisotopic (exact) mass is 191 g/mol. The zero-order valence-electron chi connectivity index (χ0n) is 8.32. The number of hydroxylamine groups is 1. The minimum atomic E-state index is 0.623. The average Bonchev–Trinajstić information content (AvgIpc) is 2.54. The molecule has 0 aliphatic heterocycles. The lowest BCUT2D eigenvalue weighted by Crippen LogP contribution is -2.11. The molecule has 0 spiro atoms. The number of nitrogens with one attached hydrogen (secondary N) is 1. The third-order valence-electron chi connectivity index (χ3n) is 2.22. The molecule has 0 saturated carbocycles.